The van der Waals surface area contributed by atoms with Crippen LogP contribution in [0.1, 0.15) is 26.3 Å². The lowest BCUT2D eigenvalue weighted by atomic mass is 10.1. The van der Waals surface area contributed by atoms with Crippen molar-refractivity contribution >= 4 is 34.0 Å². The molecule has 0 unspecified atom stereocenters. The van der Waals surface area contributed by atoms with Crippen molar-refractivity contribution in [1.82, 2.24) is 4.98 Å². The summed E-state index contributed by atoms with van der Waals surface area (Å²) in [5, 5.41) is 7.84. The zero-order valence-corrected chi connectivity index (χ0v) is 13.8. The number of benzene rings is 2. The number of carbonyl (C=O) groups is 2. The van der Waals surface area contributed by atoms with E-state index in [1.54, 1.807) is 41.9 Å². The molecule has 2 aromatic carbocycles. The van der Waals surface area contributed by atoms with E-state index in [2.05, 4.69) is 15.6 Å². The Balaban J connectivity index is 1.73. The van der Waals surface area contributed by atoms with Gasteiger partial charge in [0.05, 0.1) is 0 Å². The Kier molecular flexibility index (Phi) is 4.67. The summed E-state index contributed by atoms with van der Waals surface area (Å²) in [5.41, 5.74) is 2.60. The van der Waals surface area contributed by atoms with Crippen LogP contribution in [0.25, 0.3) is 0 Å². The van der Waals surface area contributed by atoms with Gasteiger partial charge in [-0.2, -0.15) is 0 Å². The largest absolute Gasteiger partial charge is 0.322 e. The van der Waals surface area contributed by atoms with Gasteiger partial charge >= 0.3 is 0 Å². The highest BCUT2D eigenvalue weighted by Gasteiger charge is 2.10. The Hall–Kier alpha value is -2.99. The van der Waals surface area contributed by atoms with Gasteiger partial charge in [-0.25, -0.2) is 4.98 Å². The van der Waals surface area contributed by atoms with Gasteiger partial charge in [0, 0.05) is 28.4 Å². The summed E-state index contributed by atoms with van der Waals surface area (Å²) < 4.78 is 0. The molecule has 0 aliphatic rings. The van der Waals surface area contributed by atoms with Crippen LogP contribution in [-0.4, -0.2) is 16.8 Å². The number of hydrogen-bond acceptors (Lipinski definition) is 4. The lowest BCUT2D eigenvalue weighted by Crippen LogP contribution is -2.14. The number of hydrogen-bond donors (Lipinski definition) is 2. The van der Waals surface area contributed by atoms with Gasteiger partial charge in [0.25, 0.3) is 11.8 Å². The highest BCUT2D eigenvalue weighted by atomic mass is 32.1. The number of nitrogens with zero attached hydrogens (tertiary/aromatic N) is 1. The van der Waals surface area contributed by atoms with Gasteiger partial charge in [0.15, 0.2) is 5.13 Å². The molecule has 0 saturated carbocycles. The summed E-state index contributed by atoms with van der Waals surface area (Å²) >= 11 is 1.35. The highest BCUT2D eigenvalue weighted by Crippen LogP contribution is 2.16. The average molecular weight is 337 g/mol. The molecule has 0 aliphatic heterocycles. The maximum atomic E-state index is 12.3. The van der Waals surface area contributed by atoms with E-state index < -0.39 is 0 Å². The van der Waals surface area contributed by atoms with E-state index in [1.165, 1.54) is 11.3 Å². The number of aryl methyl sites for hydroxylation is 1. The van der Waals surface area contributed by atoms with Crippen molar-refractivity contribution in [2.75, 3.05) is 10.6 Å². The molecule has 0 atom stereocenters. The van der Waals surface area contributed by atoms with Crippen LogP contribution in [0.4, 0.5) is 10.8 Å². The summed E-state index contributed by atoms with van der Waals surface area (Å²) in [6, 6.07) is 14.1. The minimum absolute atomic E-state index is 0.212. The van der Waals surface area contributed by atoms with Crippen molar-refractivity contribution in [3.05, 3.63) is 76.8 Å². The van der Waals surface area contributed by atoms with Crippen LogP contribution in [0.3, 0.4) is 0 Å². The molecular formula is C18H15N3O2S. The van der Waals surface area contributed by atoms with Gasteiger partial charge in [-0.15, -0.1) is 11.3 Å². The van der Waals surface area contributed by atoms with Crippen LogP contribution in [0.2, 0.25) is 0 Å². The minimum atomic E-state index is -0.267. The summed E-state index contributed by atoms with van der Waals surface area (Å²) in [7, 11) is 0. The second-order valence-electron chi connectivity index (χ2n) is 5.20. The molecule has 120 valence electrons. The average Bonchev–Trinajstić information content (AvgIpc) is 3.08. The molecule has 0 spiro atoms. The number of anilines is 2. The Morgan fingerprint density at radius 2 is 1.67 bits per heavy atom. The molecule has 0 radical (unpaired) electrons. The Bertz CT molecular complexity index is 875. The predicted molar refractivity (Wildman–Crippen MR) is 95.6 cm³/mol. The molecule has 3 aromatic rings. The third-order valence-corrected chi connectivity index (χ3v) is 4.00. The second-order valence-corrected chi connectivity index (χ2v) is 6.09. The normalized spacial score (nSPS) is 10.2. The molecule has 24 heavy (non-hydrogen) atoms. The minimum Gasteiger partial charge on any atom is -0.322 e. The van der Waals surface area contributed by atoms with Crippen LogP contribution in [0.5, 0.6) is 0 Å². The number of rotatable bonds is 4. The van der Waals surface area contributed by atoms with E-state index in [0.29, 0.717) is 21.9 Å². The Morgan fingerprint density at radius 3 is 2.38 bits per heavy atom. The first kappa shape index (κ1) is 15.9. The lowest BCUT2D eigenvalue weighted by Gasteiger charge is -2.08. The standard InChI is InChI=1S/C18H15N3O2S/c1-12-4-2-5-13(10-12)16(22)20-15-7-3-6-14(11-15)17(23)21-18-19-8-9-24-18/h2-11H,1H3,(H,20,22)(H,19,21,23). The number of amides is 2. The number of nitrogens with one attached hydrogen (secondary N) is 2. The fourth-order valence-electron chi connectivity index (χ4n) is 2.18. The van der Waals surface area contributed by atoms with Gasteiger partial charge in [0.1, 0.15) is 0 Å². The van der Waals surface area contributed by atoms with Crippen LogP contribution in [-0.2, 0) is 0 Å². The van der Waals surface area contributed by atoms with E-state index in [0.717, 1.165) is 5.56 Å². The molecular weight excluding hydrogens is 322 g/mol. The zero-order valence-electron chi connectivity index (χ0n) is 12.9. The third-order valence-electron chi connectivity index (χ3n) is 3.32. The number of thiazole rings is 1. The van der Waals surface area contributed by atoms with Crippen molar-refractivity contribution in [2.24, 2.45) is 0 Å². The quantitative estimate of drug-likeness (QED) is 0.757. The molecule has 1 heterocycles. The molecule has 2 N–H and O–H groups in total. The maximum Gasteiger partial charge on any atom is 0.257 e. The zero-order chi connectivity index (χ0) is 16.9. The SMILES string of the molecule is Cc1cccc(C(=O)Nc2cccc(C(=O)Nc3nccs3)c2)c1. The van der Waals surface area contributed by atoms with Gasteiger partial charge < -0.3 is 5.32 Å². The summed E-state index contributed by atoms with van der Waals surface area (Å²) in [4.78, 5) is 28.5. The number of aromatic nitrogens is 1. The fourth-order valence-corrected chi connectivity index (χ4v) is 2.71. The third kappa shape index (κ3) is 3.85. The van der Waals surface area contributed by atoms with Gasteiger partial charge in [-0.05, 0) is 37.3 Å². The molecule has 2 amide bonds. The molecule has 0 bridgehead atoms. The maximum absolute atomic E-state index is 12.3. The second kappa shape index (κ2) is 7.06. The first-order chi connectivity index (χ1) is 11.6. The van der Waals surface area contributed by atoms with Crippen LogP contribution >= 0.6 is 11.3 Å². The van der Waals surface area contributed by atoms with Crippen molar-refractivity contribution in [1.29, 1.82) is 0 Å². The molecule has 5 nitrogen and oxygen atoms in total. The summed E-state index contributed by atoms with van der Waals surface area (Å²) in [5.74, 6) is -0.479. The smallest absolute Gasteiger partial charge is 0.257 e. The monoisotopic (exact) mass is 337 g/mol. The first-order valence-corrected chi connectivity index (χ1v) is 8.19. The van der Waals surface area contributed by atoms with Gasteiger partial charge in [-0.1, -0.05) is 23.8 Å². The van der Waals surface area contributed by atoms with E-state index in [1.807, 2.05) is 25.1 Å². The number of carbonyl (C=O) groups excluding carboxylic acids is 2. The highest BCUT2D eigenvalue weighted by molar-refractivity contribution is 7.13. The molecule has 0 aliphatic carbocycles. The van der Waals surface area contributed by atoms with Crippen LogP contribution in [0.15, 0.2) is 60.1 Å². The van der Waals surface area contributed by atoms with Gasteiger partial charge in [-0.3, -0.25) is 14.9 Å². The van der Waals surface area contributed by atoms with E-state index in [4.69, 9.17) is 0 Å². The summed E-state index contributed by atoms with van der Waals surface area (Å²) in [6.07, 6.45) is 1.62. The topological polar surface area (TPSA) is 71.1 Å². The van der Waals surface area contributed by atoms with E-state index in [-0.39, 0.29) is 11.8 Å². The molecule has 6 heteroatoms. The molecule has 1 aromatic heterocycles. The molecule has 0 fully saturated rings. The van der Waals surface area contributed by atoms with Gasteiger partial charge in [0.2, 0.25) is 0 Å². The Morgan fingerprint density at radius 1 is 0.958 bits per heavy atom. The Labute approximate surface area is 143 Å². The molecule has 0 saturated heterocycles. The van der Waals surface area contributed by atoms with Crippen LogP contribution < -0.4 is 10.6 Å². The van der Waals surface area contributed by atoms with Crippen molar-refractivity contribution in [3.63, 3.8) is 0 Å². The molecule has 3 rings (SSSR count). The predicted octanol–water partition coefficient (Wildman–Crippen LogP) is 3.96. The van der Waals surface area contributed by atoms with Crippen molar-refractivity contribution in [3.8, 4) is 0 Å². The van der Waals surface area contributed by atoms with Crippen LogP contribution in [0, 0.1) is 6.92 Å². The van der Waals surface area contributed by atoms with E-state index >= 15 is 0 Å². The first-order valence-electron chi connectivity index (χ1n) is 7.31. The lowest BCUT2D eigenvalue weighted by molar-refractivity contribution is 0.101. The summed E-state index contributed by atoms with van der Waals surface area (Å²) in [6.45, 7) is 1.93. The fraction of sp³-hybridized carbons (Fsp3) is 0.0556. The van der Waals surface area contributed by atoms with Crippen molar-refractivity contribution < 1.29 is 9.59 Å². The van der Waals surface area contributed by atoms with E-state index in [9.17, 15) is 9.59 Å². The van der Waals surface area contributed by atoms with Crippen molar-refractivity contribution in [2.45, 2.75) is 6.92 Å².